The molecule has 0 saturated heterocycles. The lowest BCUT2D eigenvalue weighted by molar-refractivity contribution is 0.593. The van der Waals surface area contributed by atoms with Crippen molar-refractivity contribution in [2.45, 2.75) is 39.5 Å². The van der Waals surface area contributed by atoms with Gasteiger partial charge < -0.3 is 0 Å². The molecule has 2 rings (SSSR count). The molecule has 1 aromatic heterocycles. The average Bonchev–Trinajstić information content (AvgIpc) is 2.84. The standard InChI is InChI=1S/C15H17ClN4/c1-4-11(5-2)15-13(9-17)18-19-20(15)14-7-6-12(16)8-10(14)3/h6-8,11H,4-5H2,1-3H3. The van der Waals surface area contributed by atoms with E-state index >= 15 is 0 Å². The minimum absolute atomic E-state index is 0.273. The van der Waals surface area contributed by atoms with Crippen molar-refractivity contribution < 1.29 is 0 Å². The molecule has 5 heteroatoms. The summed E-state index contributed by atoms with van der Waals surface area (Å²) in [5.41, 5.74) is 3.24. The lowest BCUT2D eigenvalue weighted by Gasteiger charge is -2.16. The summed E-state index contributed by atoms with van der Waals surface area (Å²) in [6.45, 7) is 6.20. The van der Waals surface area contributed by atoms with Gasteiger partial charge in [-0.25, -0.2) is 4.68 Å². The Balaban J connectivity index is 2.63. The first-order valence-electron chi connectivity index (χ1n) is 6.74. The van der Waals surface area contributed by atoms with E-state index in [1.807, 2.05) is 25.1 Å². The summed E-state index contributed by atoms with van der Waals surface area (Å²) in [7, 11) is 0. The predicted octanol–water partition coefficient (Wildman–Crippen LogP) is 4.00. The van der Waals surface area contributed by atoms with Gasteiger partial charge in [-0.05, 0) is 43.5 Å². The highest BCUT2D eigenvalue weighted by atomic mass is 35.5. The number of benzene rings is 1. The molecule has 0 aliphatic rings. The Morgan fingerprint density at radius 2 is 2.05 bits per heavy atom. The molecule has 0 atom stereocenters. The maximum atomic E-state index is 9.25. The van der Waals surface area contributed by atoms with E-state index in [4.69, 9.17) is 11.6 Å². The molecule has 2 aromatic rings. The minimum atomic E-state index is 0.273. The van der Waals surface area contributed by atoms with Gasteiger partial charge in [0.05, 0.1) is 11.4 Å². The Morgan fingerprint density at radius 3 is 2.60 bits per heavy atom. The van der Waals surface area contributed by atoms with E-state index in [9.17, 15) is 5.26 Å². The Hall–Kier alpha value is -1.86. The number of aromatic nitrogens is 3. The van der Waals surface area contributed by atoms with Crippen LogP contribution in [0.15, 0.2) is 18.2 Å². The van der Waals surface area contributed by atoms with Crippen LogP contribution < -0.4 is 0 Å². The molecular formula is C15H17ClN4. The molecule has 0 bridgehead atoms. The first-order chi connectivity index (χ1) is 9.62. The largest absolute Gasteiger partial charge is 0.216 e. The zero-order valence-corrected chi connectivity index (χ0v) is 12.6. The summed E-state index contributed by atoms with van der Waals surface area (Å²) < 4.78 is 1.78. The molecule has 0 aliphatic heterocycles. The Kier molecular flexibility index (Phi) is 4.41. The normalized spacial score (nSPS) is 10.8. The third-order valence-electron chi connectivity index (χ3n) is 3.57. The number of rotatable bonds is 4. The lowest BCUT2D eigenvalue weighted by Crippen LogP contribution is -2.09. The Labute approximate surface area is 124 Å². The van der Waals surface area contributed by atoms with Gasteiger partial charge in [0.25, 0.3) is 0 Å². The summed E-state index contributed by atoms with van der Waals surface area (Å²) in [5, 5.41) is 18.1. The fourth-order valence-corrected chi connectivity index (χ4v) is 2.67. The zero-order valence-electron chi connectivity index (χ0n) is 11.9. The molecule has 0 spiro atoms. The summed E-state index contributed by atoms with van der Waals surface area (Å²) in [6.07, 6.45) is 1.90. The van der Waals surface area contributed by atoms with E-state index in [0.29, 0.717) is 10.7 Å². The smallest absolute Gasteiger partial charge is 0.186 e. The number of nitriles is 1. The first kappa shape index (κ1) is 14.5. The lowest BCUT2D eigenvalue weighted by atomic mass is 9.97. The van der Waals surface area contributed by atoms with Gasteiger partial charge in [-0.3, -0.25) is 0 Å². The van der Waals surface area contributed by atoms with Crippen molar-refractivity contribution in [1.82, 2.24) is 15.0 Å². The SMILES string of the molecule is CCC(CC)c1c(C#N)nnn1-c1ccc(Cl)cc1C. The number of hydrogen-bond acceptors (Lipinski definition) is 3. The van der Waals surface area contributed by atoms with Crippen molar-refractivity contribution in [2.75, 3.05) is 0 Å². The van der Waals surface area contributed by atoms with Gasteiger partial charge in [0, 0.05) is 10.9 Å². The van der Waals surface area contributed by atoms with Gasteiger partial charge in [-0.15, -0.1) is 5.10 Å². The maximum Gasteiger partial charge on any atom is 0.186 e. The highest BCUT2D eigenvalue weighted by molar-refractivity contribution is 6.30. The van der Waals surface area contributed by atoms with E-state index < -0.39 is 0 Å². The molecule has 0 fully saturated rings. The Morgan fingerprint density at radius 1 is 1.35 bits per heavy atom. The van der Waals surface area contributed by atoms with E-state index in [0.717, 1.165) is 29.8 Å². The fourth-order valence-electron chi connectivity index (χ4n) is 2.44. The predicted molar refractivity (Wildman–Crippen MR) is 79.1 cm³/mol. The molecule has 0 aliphatic carbocycles. The van der Waals surface area contributed by atoms with Crippen LogP contribution in [0.5, 0.6) is 0 Å². The van der Waals surface area contributed by atoms with Crippen molar-refractivity contribution in [3.8, 4) is 11.8 Å². The molecule has 104 valence electrons. The average molecular weight is 289 g/mol. The zero-order chi connectivity index (χ0) is 14.7. The van der Waals surface area contributed by atoms with Crippen LogP contribution in [-0.4, -0.2) is 15.0 Å². The molecule has 0 unspecified atom stereocenters. The van der Waals surface area contributed by atoms with Gasteiger partial charge >= 0.3 is 0 Å². The van der Waals surface area contributed by atoms with Crippen LogP contribution in [0.25, 0.3) is 5.69 Å². The van der Waals surface area contributed by atoms with Crippen LogP contribution in [-0.2, 0) is 0 Å². The van der Waals surface area contributed by atoms with Gasteiger partial charge in [-0.2, -0.15) is 5.26 Å². The molecule has 1 aromatic carbocycles. The van der Waals surface area contributed by atoms with Gasteiger partial charge in [0.15, 0.2) is 5.69 Å². The van der Waals surface area contributed by atoms with Gasteiger partial charge in [0.1, 0.15) is 6.07 Å². The molecule has 0 saturated carbocycles. The van der Waals surface area contributed by atoms with Crippen molar-refractivity contribution in [2.24, 2.45) is 0 Å². The van der Waals surface area contributed by atoms with Gasteiger partial charge in [-0.1, -0.05) is 30.7 Å². The molecule has 4 nitrogen and oxygen atoms in total. The summed E-state index contributed by atoms with van der Waals surface area (Å²) in [6, 6.07) is 7.78. The number of halogens is 1. The van der Waals surface area contributed by atoms with Crippen molar-refractivity contribution in [3.63, 3.8) is 0 Å². The molecule has 1 heterocycles. The molecule has 0 N–H and O–H groups in total. The van der Waals surface area contributed by atoms with Crippen LogP contribution >= 0.6 is 11.6 Å². The van der Waals surface area contributed by atoms with E-state index in [1.165, 1.54) is 0 Å². The van der Waals surface area contributed by atoms with Crippen LogP contribution in [0.3, 0.4) is 0 Å². The third-order valence-corrected chi connectivity index (χ3v) is 3.81. The van der Waals surface area contributed by atoms with E-state index in [1.54, 1.807) is 4.68 Å². The topological polar surface area (TPSA) is 54.5 Å². The highest BCUT2D eigenvalue weighted by Crippen LogP contribution is 2.28. The van der Waals surface area contributed by atoms with Crippen LogP contribution in [0.2, 0.25) is 5.02 Å². The second kappa shape index (κ2) is 6.06. The van der Waals surface area contributed by atoms with Crippen LogP contribution in [0, 0.1) is 18.3 Å². The Bertz CT molecular complexity index is 650. The summed E-state index contributed by atoms with van der Waals surface area (Å²) in [5.74, 6) is 0.273. The van der Waals surface area contributed by atoms with Crippen LogP contribution in [0.4, 0.5) is 0 Å². The fraction of sp³-hybridized carbons (Fsp3) is 0.400. The quantitative estimate of drug-likeness (QED) is 0.854. The number of hydrogen-bond donors (Lipinski definition) is 0. The molecule has 20 heavy (non-hydrogen) atoms. The first-order valence-corrected chi connectivity index (χ1v) is 7.12. The number of aryl methyl sites for hydroxylation is 1. The van der Waals surface area contributed by atoms with Crippen molar-refractivity contribution >= 4 is 11.6 Å². The number of nitrogens with zero attached hydrogens (tertiary/aromatic N) is 4. The maximum absolute atomic E-state index is 9.25. The minimum Gasteiger partial charge on any atom is -0.216 e. The molecule has 0 amide bonds. The van der Waals surface area contributed by atoms with Crippen molar-refractivity contribution in [1.29, 1.82) is 5.26 Å². The summed E-state index contributed by atoms with van der Waals surface area (Å²) in [4.78, 5) is 0. The molecular weight excluding hydrogens is 272 g/mol. The second-order valence-corrected chi connectivity index (χ2v) is 5.23. The van der Waals surface area contributed by atoms with Crippen molar-refractivity contribution in [3.05, 3.63) is 40.2 Å². The monoisotopic (exact) mass is 288 g/mol. The van der Waals surface area contributed by atoms with E-state index in [-0.39, 0.29) is 5.92 Å². The second-order valence-electron chi connectivity index (χ2n) is 4.79. The van der Waals surface area contributed by atoms with E-state index in [2.05, 4.69) is 30.2 Å². The highest BCUT2D eigenvalue weighted by Gasteiger charge is 2.21. The van der Waals surface area contributed by atoms with Crippen LogP contribution in [0.1, 0.15) is 49.6 Å². The van der Waals surface area contributed by atoms with Gasteiger partial charge in [0.2, 0.25) is 0 Å². The third kappa shape index (κ3) is 2.54. The summed E-state index contributed by atoms with van der Waals surface area (Å²) >= 11 is 6.00. The molecule has 0 radical (unpaired) electrons.